The van der Waals surface area contributed by atoms with E-state index in [0.717, 1.165) is 17.8 Å². The summed E-state index contributed by atoms with van der Waals surface area (Å²) in [5.41, 5.74) is 1.31. The van der Waals surface area contributed by atoms with Crippen LogP contribution in [0.4, 0.5) is 13.2 Å². The van der Waals surface area contributed by atoms with Crippen LogP contribution >= 0.6 is 23.2 Å². The Kier molecular flexibility index (Phi) is 8.00. The number of halogens is 5. The van der Waals surface area contributed by atoms with Gasteiger partial charge in [0.25, 0.3) is 11.8 Å². The monoisotopic (exact) mass is 590 g/mol. The molecule has 5 rings (SSSR count). The molecule has 12 heteroatoms. The van der Waals surface area contributed by atoms with Crippen LogP contribution in [0.3, 0.4) is 0 Å². The molecule has 3 heterocycles. The van der Waals surface area contributed by atoms with E-state index in [9.17, 15) is 18.0 Å². The molecule has 208 valence electrons. The number of benzene rings is 2. The Morgan fingerprint density at radius 2 is 1.85 bits per heavy atom. The molecule has 4 aromatic rings. The number of ether oxygens (including phenoxy) is 1. The molecule has 1 aliphatic rings. The van der Waals surface area contributed by atoms with E-state index in [1.54, 1.807) is 48.2 Å². The second-order valence-electron chi connectivity index (χ2n) is 9.49. The topological polar surface area (TPSA) is 81.4 Å². The lowest BCUT2D eigenvalue weighted by molar-refractivity contribution is -0.137. The fraction of sp³-hybridized carbons (Fsp3) is 0.286. The van der Waals surface area contributed by atoms with Gasteiger partial charge in [-0.2, -0.15) is 18.2 Å². The van der Waals surface area contributed by atoms with Gasteiger partial charge in [-0.05, 0) is 67.3 Å². The lowest BCUT2D eigenvalue weighted by Gasteiger charge is -2.19. The van der Waals surface area contributed by atoms with Crippen molar-refractivity contribution in [2.75, 3.05) is 19.7 Å². The molecular formula is C28H23Cl2F3N4O3. The quantitative estimate of drug-likeness (QED) is 0.228. The van der Waals surface area contributed by atoms with E-state index in [1.165, 1.54) is 6.07 Å². The van der Waals surface area contributed by atoms with E-state index in [4.69, 9.17) is 32.5 Å². The number of hydrogen-bond acceptors (Lipinski definition) is 6. The predicted octanol–water partition coefficient (Wildman–Crippen LogP) is 7.09. The van der Waals surface area contributed by atoms with Crippen LogP contribution < -0.4 is 4.74 Å². The van der Waals surface area contributed by atoms with Gasteiger partial charge in [-0.15, -0.1) is 0 Å². The molecule has 2 aromatic heterocycles. The van der Waals surface area contributed by atoms with E-state index in [0.29, 0.717) is 52.4 Å². The minimum Gasteiger partial charge on any atom is -0.478 e. The largest absolute Gasteiger partial charge is 0.478 e. The van der Waals surface area contributed by atoms with E-state index >= 15 is 0 Å². The Labute approximate surface area is 237 Å². The third kappa shape index (κ3) is 6.23. The van der Waals surface area contributed by atoms with Crippen molar-refractivity contribution in [3.05, 3.63) is 93.4 Å². The Balaban J connectivity index is 1.29. The maximum atomic E-state index is 13.4. The third-order valence-corrected chi connectivity index (χ3v) is 7.55. The lowest BCUT2D eigenvalue weighted by Crippen LogP contribution is -2.29. The van der Waals surface area contributed by atoms with Crippen LogP contribution in [-0.4, -0.2) is 45.6 Å². The van der Waals surface area contributed by atoms with E-state index < -0.39 is 11.7 Å². The molecular weight excluding hydrogens is 568 g/mol. The van der Waals surface area contributed by atoms with Crippen molar-refractivity contribution in [2.45, 2.75) is 25.4 Å². The number of rotatable bonds is 7. The summed E-state index contributed by atoms with van der Waals surface area (Å²) in [5.74, 6) is 0.803. The molecule has 2 unspecified atom stereocenters. The highest BCUT2D eigenvalue weighted by Crippen LogP contribution is 2.38. The van der Waals surface area contributed by atoms with Crippen LogP contribution in [0.15, 0.2) is 65.3 Å². The summed E-state index contributed by atoms with van der Waals surface area (Å²) in [6.07, 6.45) is -3.19. The summed E-state index contributed by atoms with van der Waals surface area (Å²) in [6, 6.07) is 14.5. The van der Waals surface area contributed by atoms with Crippen LogP contribution in [0.25, 0.3) is 11.5 Å². The van der Waals surface area contributed by atoms with Gasteiger partial charge >= 0.3 is 6.18 Å². The van der Waals surface area contributed by atoms with Gasteiger partial charge in [-0.25, -0.2) is 4.98 Å². The van der Waals surface area contributed by atoms with Crippen molar-refractivity contribution in [3.8, 4) is 17.3 Å². The van der Waals surface area contributed by atoms with Gasteiger partial charge < -0.3 is 14.2 Å². The molecule has 0 saturated carbocycles. The first kappa shape index (κ1) is 27.9. The van der Waals surface area contributed by atoms with Crippen molar-refractivity contribution in [1.29, 1.82) is 0 Å². The van der Waals surface area contributed by atoms with Crippen molar-refractivity contribution >= 4 is 29.1 Å². The summed E-state index contributed by atoms with van der Waals surface area (Å²) in [6.45, 7) is 2.84. The number of aromatic nitrogens is 3. The first-order valence-electron chi connectivity index (χ1n) is 12.4. The maximum absolute atomic E-state index is 13.4. The lowest BCUT2D eigenvalue weighted by atomic mass is 9.87. The fourth-order valence-electron chi connectivity index (χ4n) is 4.75. The van der Waals surface area contributed by atoms with Crippen molar-refractivity contribution in [2.24, 2.45) is 5.92 Å². The molecule has 1 amide bonds. The SMILES string of the molecule is Cc1noc(-c2ccc(C(=O)N3CC(CCOc4ccc(C(F)(F)F)cn4)C(c4ccc(Cl)c(Cl)c4)C3)cc2)n1. The highest BCUT2D eigenvalue weighted by atomic mass is 35.5. The van der Waals surface area contributed by atoms with E-state index in [2.05, 4.69) is 15.1 Å². The minimum absolute atomic E-state index is 0.00344. The number of likely N-dealkylation sites (tertiary alicyclic amines) is 1. The first-order chi connectivity index (χ1) is 19.1. The molecule has 2 atom stereocenters. The molecule has 0 aliphatic carbocycles. The second kappa shape index (κ2) is 11.5. The van der Waals surface area contributed by atoms with Gasteiger partial charge in [0.2, 0.25) is 5.88 Å². The number of pyridine rings is 1. The van der Waals surface area contributed by atoms with Crippen LogP contribution in [0.5, 0.6) is 5.88 Å². The number of carbonyl (C=O) groups excluding carboxylic acids is 1. The Morgan fingerprint density at radius 3 is 2.48 bits per heavy atom. The average molecular weight is 591 g/mol. The molecule has 0 radical (unpaired) electrons. The second-order valence-corrected chi connectivity index (χ2v) is 10.3. The standard InChI is InChI=1S/C28H23Cl2F3N4O3/c1-16-35-26(40-36-16)17-2-4-18(5-3-17)27(38)37-14-20(22(15-37)19-6-8-23(29)24(30)12-19)10-11-39-25-9-7-21(13-34-25)28(31,32)33/h2-9,12-13,20,22H,10-11,14-15H2,1H3. The molecule has 0 bridgehead atoms. The van der Waals surface area contributed by atoms with Crippen LogP contribution in [0.2, 0.25) is 10.0 Å². The number of hydrogen-bond donors (Lipinski definition) is 0. The third-order valence-electron chi connectivity index (χ3n) is 6.81. The molecule has 1 fully saturated rings. The summed E-state index contributed by atoms with van der Waals surface area (Å²) in [4.78, 5) is 23.2. The highest BCUT2D eigenvalue weighted by Gasteiger charge is 2.37. The van der Waals surface area contributed by atoms with E-state index in [1.807, 2.05) is 6.07 Å². The van der Waals surface area contributed by atoms with Gasteiger partial charge in [0.15, 0.2) is 5.82 Å². The molecule has 40 heavy (non-hydrogen) atoms. The van der Waals surface area contributed by atoms with Gasteiger partial charge in [-0.3, -0.25) is 4.79 Å². The molecule has 1 aliphatic heterocycles. The summed E-state index contributed by atoms with van der Waals surface area (Å²) in [7, 11) is 0. The first-order valence-corrected chi connectivity index (χ1v) is 13.1. The zero-order chi connectivity index (χ0) is 28.4. The molecule has 1 saturated heterocycles. The van der Waals surface area contributed by atoms with Crippen LogP contribution in [0.1, 0.15) is 39.6 Å². The minimum atomic E-state index is -4.47. The Morgan fingerprint density at radius 1 is 1.07 bits per heavy atom. The number of aryl methyl sites for hydroxylation is 1. The van der Waals surface area contributed by atoms with Crippen LogP contribution in [-0.2, 0) is 6.18 Å². The summed E-state index contributed by atoms with van der Waals surface area (Å²) >= 11 is 12.4. The highest BCUT2D eigenvalue weighted by molar-refractivity contribution is 6.42. The fourth-order valence-corrected chi connectivity index (χ4v) is 5.06. The zero-order valence-electron chi connectivity index (χ0n) is 21.2. The van der Waals surface area contributed by atoms with Gasteiger partial charge in [0.05, 0.1) is 22.2 Å². The molecule has 0 N–H and O–H groups in total. The van der Waals surface area contributed by atoms with E-state index in [-0.39, 0.29) is 30.2 Å². The number of nitrogens with zero attached hydrogens (tertiary/aromatic N) is 4. The molecule has 2 aromatic carbocycles. The van der Waals surface area contributed by atoms with Crippen molar-refractivity contribution in [3.63, 3.8) is 0 Å². The molecule has 0 spiro atoms. The number of carbonyl (C=O) groups is 1. The summed E-state index contributed by atoms with van der Waals surface area (Å²) in [5, 5.41) is 4.64. The number of amides is 1. The normalized spacial score (nSPS) is 17.3. The van der Waals surface area contributed by atoms with Crippen LogP contribution in [0, 0.1) is 12.8 Å². The number of alkyl halides is 3. The zero-order valence-corrected chi connectivity index (χ0v) is 22.7. The van der Waals surface area contributed by atoms with Gasteiger partial charge in [-0.1, -0.05) is 34.4 Å². The summed E-state index contributed by atoms with van der Waals surface area (Å²) < 4.78 is 49.3. The van der Waals surface area contributed by atoms with Gasteiger partial charge in [0.1, 0.15) is 0 Å². The Hall–Kier alpha value is -3.63. The van der Waals surface area contributed by atoms with Gasteiger partial charge in [0, 0.05) is 42.4 Å². The van der Waals surface area contributed by atoms with Crippen molar-refractivity contribution < 1.29 is 27.2 Å². The van der Waals surface area contributed by atoms with Crippen molar-refractivity contribution in [1.82, 2.24) is 20.0 Å². The molecule has 7 nitrogen and oxygen atoms in total. The smallest absolute Gasteiger partial charge is 0.417 e. The predicted molar refractivity (Wildman–Crippen MR) is 142 cm³/mol. The maximum Gasteiger partial charge on any atom is 0.417 e. The average Bonchev–Trinajstić information content (AvgIpc) is 3.56. The Bertz CT molecular complexity index is 1490.